The molecule has 2 aromatic rings. The number of hydrogen-bond donors (Lipinski definition) is 1. The Kier molecular flexibility index (Phi) is 3.42. The van der Waals surface area contributed by atoms with Gasteiger partial charge in [0.25, 0.3) is 0 Å². The van der Waals surface area contributed by atoms with Crippen LogP contribution in [0.3, 0.4) is 0 Å². The van der Waals surface area contributed by atoms with E-state index in [4.69, 9.17) is 5.11 Å². The average molecular weight is 244 g/mol. The maximum Gasteiger partial charge on any atom is 0.335 e. The Morgan fingerprint density at radius 2 is 1.72 bits per heavy atom. The van der Waals surface area contributed by atoms with Crippen LogP contribution in [0.5, 0.6) is 0 Å². The van der Waals surface area contributed by atoms with Gasteiger partial charge in [-0.05, 0) is 29.3 Å². The van der Waals surface area contributed by atoms with Gasteiger partial charge in [0.15, 0.2) is 0 Å². The molecule has 2 nitrogen and oxygen atoms in total. The largest absolute Gasteiger partial charge is 0.478 e. The highest BCUT2D eigenvalue weighted by Crippen LogP contribution is 2.26. The molecule has 0 radical (unpaired) electrons. The molecule has 0 saturated carbocycles. The van der Waals surface area contributed by atoms with Crippen molar-refractivity contribution in [1.29, 1.82) is 0 Å². The fourth-order valence-electron chi connectivity index (χ4n) is 1.92. The summed E-state index contributed by atoms with van der Waals surface area (Å²) < 4.78 is 13.6. The number of hydrogen-bond acceptors (Lipinski definition) is 1. The van der Waals surface area contributed by atoms with E-state index in [1.54, 1.807) is 30.3 Å². The Hall–Kier alpha value is -2.16. The Balaban J connectivity index is 2.32. The average Bonchev–Trinajstić information content (AvgIpc) is 2.38. The second-order valence-corrected chi connectivity index (χ2v) is 4.17. The van der Waals surface area contributed by atoms with E-state index >= 15 is 0 Å². The smallest absolute Gasteiger partial charge is 0.335 e. The van der Waals surface area contributed by atoms with E-state index in [1.165, 1.54) is 18.2 Å². The number of rotatable bonds is 3. The van der Waals surface area contributed by atoms with Crippen molar-refractivity contribution in [1.82, 2.24) is 0 Å². The van der Waals surface area contributed by atoms with Crippen molar-refractivity contribution in [2.24, 2.45) is 0 Å². The Morgan fingerprint density at radius 3 is 2.28 bits per heavy atom. The van der Waals surface area contributed by atoms with Gasteiger partial charge >= 0.3 is 5.97 Å². The second-order valence-electron chi connectivity index (χ2n) is 4.17. The third kappa shape index (κ3) is 2.40. The SMILES string of the molecule is CC(c1ccc(C(=O)O)cc1)c1ccccc1F. The Bertz CT molecular complexity index is 561. The van der Waals surface area contributed by atoms with Crippen LogP contribution in [0.15, 0.2) is 48.5 Å². The van der Waals surface area contributed by atoms with Gasteiger partial charge in [-0.2, -0.15) is 0 Å². The molecule has 0 aliphatic carbocycles. The van der Waals surface area contributed by atoms with E-state index in [0.717, 1.165) is 5.56 Å². The maximum atomic E-state index is 13.6. The number of aromatic carboxylic acids is 1. The summed E-state index contributed by atoms with van der Waals surface area (Å²) in [7, 11) is 0. The summed E-state index contributed by atoms with van der Waals surface area (Å²) in [5, 5.41) is 8.82. The van der Waals surface area contributed by atoms with Gasteiger partial charge in [0.05, 0.1) is 5.56 Å². The van der Waals surface area contributed by atoms with Crippen LogP contribution in [0.4, 0.5) is 4.39 Å². The molecule has 2 aromatic carbocycles. The van der Waals surface area contributed by atoms with Gasteiger partial charge in [-0.25, -0.2) is 9.18 Å². The van der Waals surface area contributed by atoms with Crippen LogP contribution in [-0.2, 0) is 0 Å². The second kappa shape index (κ2) is 5.00. The molecule has 2 rings (SSSR count). The van der Waals surface area contributed by atoms with Gasteiger partial charge in [0, 0.05) is 5.92 Å². The van der Waals surface area contributed by atoms with E-state index in [-0.39, 0.29) is 17.3 Å². The van der Waals surface area contributed by atoms with Crippen LogP contribution in [0.2, 0.25) is 0 Å². The molecule has 1 N–H and O–H groups in total. The summed E-state index contributed by atoms with van der Waals surface area (Å²) in [5.41, 5.74) is 1.74. The van der Waals surface area contributed by atoms with Gasteiger partial charge in [0.1, 0.15) is 5.82 Å². The molecule has 0 saturated heterocycles. The summed E-state index contributed by atoms with van der Waals surface area (Å²) in [4.78, 5) is 10.7. The summed E-state index contributed by atoms with van der Waals surface area (Å²) in [6, 6.07) is 13.1. The van der Waals surface area contributed by atoms with Crippen molar-refractivity contribution < 1.29 is 14.3 Å². The van der Waals surface area contributed by atoms with Gasteiger partial charge in [0.2, 0.25) is 0 Å². The number of carboxylic acid groups (broad SMARTS) is 1. The van der Waals surface area contributed by atoms with Crippen LogP contribution >= 0.6 is 0 Å². The van der Waals surface area contributed by atoms with Crippen molar-refractivity contribution in [2.75, 3.05) is 0 Å². The lowest BCUT2D eigenvalue weighted by molar-refractivity contribution is 0.0697. The first kappa shape index (κ1) is 12.3. The number of carboxylic acids is 1. The molecule has 0 aliphatic rings. The minimum atomic E-state index is -0.958. The molecule has 0 aromatic heterocycles. The van der Waals surface area contributed by atoms with Crippen LogP contribution in [0.25, 0.3) is 0 Å². The third-order valence-electron chi connectivity index (χ3n) is 3.03. The molecule has 1 unspecified atom stereocenters. The van der Waals surface area contributed by atoms with Gasteiger partial charge < -0.3 is 5.11 Å². The zero-order valence-electron chi connectivity index (χ0n) is 9.93. The molecular formula is C15H13FO2. The zero-order valence-corrected chi connectivity index (χ0v) is 9.93. The molecule has 3 heteroatoms. The molecule has 92 valence electrons. The van der Waals surface area contributed by atoms with Crippen molar-refractivity contribution in [3.8, 4) is 0 Å². The molecular weight excluding hydrogens is 231 g/mol. The highest BCUT2D eigenvalue weighted by atomic mass is 19.1. The van der Waals surface area contributed by atoms with E-state index in [9.17, 15) is 9.18 Å². The first-order chi connectivity index (χ1) is 8.59. The number of carbonyl (C=O) groups is 1. The first-order valence-electron chi connectivity index (χ1n) is 5.67. The standard InChI is InChI=1S/C15H13FO2/c1-10(13-4-2-3-5-14(13)16)11-6-8-12(9-7-11)15(17)18/h2-10H,1H3,(H,17,18). The molecule has 0 amide bonds. The normalized spacial score (nSPS) is 12.1. The third-order valence-corrected chi connectivity index (χ3v) is 3.03. The van der Waals surface area contributed by atoms with E-state index in [2.05, 4.69) is 0 Å². The lowest BCUT2D eigenvalue weighted by Gasteiger charge is -2.13. The molecule has 18 heavy (non-hydrogen) atoms. The van der Waals surface area contributed by atoms with Crippen molar-refractivity contribution >= 4 is 5.97 Å². The number of halogens is 1. The van der Waals surface area contributed by atoms with Gasteiger partial charge in [-0.15, -0.1) is 0 Å². The summed E-state index contributed by atoms with van der Waals surface area (Å²) in [6.45, 7) is 1.90. The van der Waals surface area contributed by atoms with E-state index < -0.39 is 5.97 Å². The molecule has 0 aliphatic heterocycles. The van der Waals surface area contributed by atoms with Crippen LogP contribution in [0, 0.1) is 5.82 Å². The molecule has 0 heterocycles. The minimum Gasteiger partial charge on any atom is -0.478 e. The summed E-state index contributed by atoms with van der Waals surface area (Å²) >= 11 is 0. The minimum absolute atomic E-state index is 0.103. The topological polar surface area (TPSA) is 37.3 Å². The van der Waals surface area contributed by atoms with E-state index in [1.807, 2.05) is 6.92 Å². The lowest BCUT2D eigenvalue weighted by atomic mass is 9.92. The lowest BCUT2D eigenvalue weighted by Crippen LogP contribution is -2.01. The molecule has 1 atom stereocenters. The monoisotopic (exact) mass is 244 g/mol. The zero-order chi connectivity index (χ0) is 13.1. The fourth-order valence-corrected chi connectivity index (χ4v) is 1.92. The van der Waals surface area contributed by atoms with Crippen molar-refractivity contribution in [3.05, 3.63) is 71.0 Å². The first-order valence-corrected chi connectivity index (χ1v) is 5.67. The Labute approximate surface area is 105 Å². The van der Waals surface area contributed by atoms with Crippen molar-refractivity contribution in [3.63, 3.8) is 0 Å². The molecule has 0 bridgehead atoms. The Morgan fingerprint density at radius 1 is 1.11 bits per heavy atom. The van der Waals surface area contributed by atoms with Crippen LogP contribution in [-0.4, -0.2) is 11.1 Å². The van der Waals surface area contributed by atoms with Crippen LogP contribution < -0.4 is 0 Å². The van der Waals surface area contributed by atoms with Gasteiger partial charge in [-0.1, -0.05) is 37.3 Å². The summed E-state index contributed by atoms with van der Waals surface area (Å²) in [6.07, 6.45) is 0. The highest BCUT2D eigenvalue weighted by Gasteiger charge is 2.13. The maximum absolute atomic E-state index is 13.6. The molecule has 0 spiro atoms. The predicted molar refractivity (Wildman–Crippen MR) is 67.3 cm³/mol. The van der Waals surface area contributed by atoms with Gasteiger partial charge in [-0.3, -0.25) is 0 Å². The highest BCUT2D eigenvalue weighted by molar-refractivity contribution is 5.87. The quantitative estimate of drug-likeness (QED) is 0.894. The summed E-state index contributed by atoms with van der Waals surface area (Å²) in [5.74, 6) is -1.30. The van der Waals surface area contributed by atoms with Crippen LogP contribution in [0.1, 0.15) is 34.3 Å². The number of benzene rings is 2. The fraction of sp³-hybridized carbons (Fsp3) is 0.133. The van der Waals surface area contributed by atoms with E-state index in [0.29, 0.717) is 5.56 Å². The van der Waals surface area contributed by atoms with Crippen molar-refractivity contribution in [2.45, 2.75) is 12.8 Å². The predicted octanol–water partition coefficient (Wildman–Crippen LogP) is 3.68. The molecule has 0 fully saturated rings.